The van der Waals surface area contributed by atoms with E-state index < -0.39 is 0 Å². The third-order valence-electron chi connectivity index (χ3n) is 2.85. The van der Waals surface area contributed by atoms with E-state index in [4.69, 9.17) is 21.2 Å². The summed E-state index contributed by atoms with van der Waals surface area (Å²) >= 11 is 5.88. The van der Waals surface area contributed by atoms with E-state index in [0.717, 1.165) is 35.5 Å². The molecule has 0 atom stereocenters. The van der Waals surface area contributed by atoms with Gasteiger partial charge in [-0.15, -0.1) is 0 Å². The van der Waals surface area contributed by atoms with E-state index in [1.807, 2.05) is 23.9 Å². The molecule has 20 heavy (non-hydrogen) atoms. The molecule has 0 aliphatic rings. The van der Waals surface area contributed by atoms with Crippen LogP contribution in [0.5, 0.6) is 0 Å². The predicted octanol–water partition coefficient (Wildman–Crippen LogP) is 2.91. The summed E-state index contributed by atoms with van der Waals surface area (Å²) in [5.41, 5.74) is 4.45. The van der Waals surface area contributed by atoms with Crippen LogP contribution in [-0.4, -0.2) is 20.9 Å². The van der Waals surface area contributed by atoms with Crippen molar-refractivity contribution in [1.29, 1.82) is 0 Å². The molecule has 0 radical (unpaired) electrons. The molecule has 0 amide bonds. The Morgan fingerprint density at radius 1 is 1.30 bits per heavy atom. The van der Waals surface area contributed by atoms with Gasteiger partial charge in [0.05, 0.1) is 11.4 Å². The lowest BCUT2D eigenvalue weighted by molar-refractivity contribution is -0.191. The first-order chi connectivity index (χ1) is 9.57. The van der Waals surface area contributed by atoms with Gasteiger partial charge in [0.25, 0.3) is 0 Å². The van der Waals surface area contributed by atoms with Crippen LogP contribution in [0.25, 0.3) is 11.3 Å². The first-order valence-corrected chi connectivity index (χ1v) is 6.63. The zero-order valence-corrected chi connectivity index (χ0v) is 12.4. The molecule has 0 aromatic carbocycles. The summed E-state index contributed by atoms with van der Waals surface area (Å²) < 4.78 is 2.01. The van der Waals surface area contributed by atoms with Crippen LogP contribution in [0.15, 0.2) is 18.3 Å². The van der Waals surface area contributed by atoms with E-state index in [1.54, 1.807) is 0 Å². The molecule has 2 aromatic heterocycles. The summed E-state index contributed by atoms with van der Waals surface area (Å²) in [6.45, 7) is 7.10. The van der Waals surface area contributed by atoms with Gasteiger partial charge in [0.1, 0.15) is 5.15 Å². The van der Waals surface area contributed by atoms with Gasteiger partial charge >= 0.3 is 6.15 Å². The molecule has 2 rings (SSSR count). The second-order valence-electron chi connectivity index (χ2n) is 4.10. The molecule has 0 unspecified atom stereocenters. The fourth-order valence-corrected chi connectivity index (χ4v) is 2.10. The van der Waals surface area contributed by atoms with Crippen LogP contribution in [0.2, 0.25) is 5.15 Å². The van der Waals surface area contributed by atoms with Crippen molar-refractivity contribution in [3.8, 4) is 11.3 Å². The summed E-state index contributed by atoms with van der Waals surface area (Å²) in [7, 11) is 0. The number of hydrogen-bond donors (Lipinski definition) is 0. The Kier molecular flexibility index (Phi) is 6.10. The third-order valence-corrected chi connectivity index (χ3v) is 3.05. The summed E-state index contributed by atoms with van der Waals surface area (Å²) in [5.74, 6) is 0. The quantitative estimate of drug-likeness (QED) is 0.816. The first-order valence-electron chi connectivity index (χ1n) is 6.25. The number of hydrogen-bond acceptors (Lipinski definition) is 4. The first kappa shape index (κ1) is 16.1. The van der Waals surface area contributed by atoms with Gasteiger partial charge in [0, 0.05) is 18.3 Å². The van der Waals surface area contributed by atoms with Crippen LogP contribution < -0.4 is 0 Å². The van der Waals surface area contributed by atoms with Gasteiger partial charge in [-0.3, -0.25) is 4.68 Å². The number of nitrogens with zero attached hydrogens (tertiary/aromatic N) is 3. The molecular weight excluding hydrogens is 278 g/mol. The van der Waals surface area contributed by atoms with Crippen molar-refractivity contribution in [2.45, 2.75) is 33.7 Å². The van der Waals surface area contributed by atoms with Crippen molar-refractivity contribution >= 4 is 17.8 Å². The van der Waals surface area contributed by atoms with Crippen molar-refractivity contribution in [3.05, 3.63) is 34.7 Å². The summed E-state index contributed by atoms with van der Waals surface area (Å²) in [4.78, 5) is 20.4. The average molecular weight is 294 g/mol. The molecule has 0 fully saturated rings. The average Bonchev–Trinajstić information content (AvgIpc) is 2.83. The number of pyridine rings is 1. The Morgan fingerprint density at radius 2 is 1.95 bits per heavy atom. The van der Waals surface area contributed by atoms with Crippen molar-refractivity contribution in [3.63, 3.8) is 0 Å². The third kappa shape index (κ3) is 3.76. The van der Waals surface area contributed by atoms with Crippen molar-refractivity contribution in [1.82, 2.24) is 14.8 Å². The van der Waals surface area contributed by atoms with Gasteiger partial charge in [-0.2, -0.15) is 14.7 Å². The van der Waals surface area contributed by atoms with Crippen LogP contribution in [-0.2, 0) is 22.6 Å². The van der Waals surface area contributed by atoms with Gasteiger partial charge < -0.3 is 0 Å². The van der Waals surface area contributed by atoms with Crippen LogP contribution in [0.1, 0.15) is 25.1 Å². The fraction of sp³-hybridized carbons (Fsp3) is 0.357. The number of aryl methyl sites for hydroxylation is 3. The van der Waals surface area contributed by atoms with Gasteiger partial charge in [0.15, 0.2) is 0 Å². The van der Waals surface area contributed by atoms with Crippen LogP contribution in [0.3, 0.4) is 0 Å². The largest absolute Gasteiger partial charge is 0.373 e. The van der Waals surface area contributed by atoms with E-state index in [2.05, 4.69) is 30.0 Å². The maximum absolute atomic E-state index is 8.12. The Hall–Kier alpha value is -1.97. The van der Waals surface area contributed by atoms with Crippen molar-refractivity contribution < 1.29 is 9.59 Å². The molecule has 0 N–H and O–H groups in total. The number of halogens is 1. The highest BCUT2D eigenvalue weighted by Crippen LogP contribution is 2.25. The van der Waals surface area contributed by atoms with Crippen molar-refractivity contribution in [2.24, 2.45) is 0 Å². The molecule has 0 spiro atoms. The van der Waals surface area contributed by atoms with Gasteiger partial charge in [-0.25, -0.2) is 4.98 Å². The molecule has 5 nitrogen and oxygen atoms in total. The molecule has 0 saturated carbocycles. The zero-order chi connectivity index (χ0) is 15.1. The predicted molar refractivity (Wildman–Crippen MR) is 75.3 cm³/mol. The summed E-state index contributed by atoms with van der Waals surface area (Å²) in [5, 5.41) is 5.07. The second-order valence-corrected chi connectivity index (χ2v) is 4.48. The highest BCUT2D eigenvalue weighted by atomic mass is 35.5. The molecule has 2 heterocycles. The minimum absolute atomic E-state index is 0.250. The van der Waals surface area contributed by atoms with E-state index in [-0.39, 0.29) is 6.15 Å². The summed E-state index contributed by atoms with van der Waals surface area (Å²) in [6.07, 6.45) is 3.01. The SMILES string of the molecule is CCc1cc(-c2cnc(Cl)cc2C)n(CC)n1.O=C=O. The zero-order valence-electron chi connectivity index (χ0n) is 11.7. The molecule has 0 aliphatic carbocycles. The molecule has 106 valence electrons. The van der Waals surface area contributed by atoms with Crippen LogP contribution >= 0.6 is 11.6 Å². The number of carbonyl (C=O) groups excluding carboxylic acids is 2. The van der Waals surface area contributed by atoms with Gasteiger partial charge in [0.2, 0.25) is 0 Å². The Labute approximate surface area is 122 Å². The summed E-state index contributed by atoms with van der Waals surface area (Å²) in [6, 6.07) is 4.01. The fourth-order valence-electron chi connectivity index (χ4n) is 1.89. The maximum Gasteiger partial charge on any atom is 0.373 e. The minimum atomic E-state index is 0.250. The Bertz CT molecular complexity index is 617. The highest BCUT2D eigenvalue weighted by Gasteiger charge is 2.11. The molecule has 6 heteroatoms. The molecule has 0 aliphatic heterocycles. The second kappa shape index (κ2) is 7.58. The lowest BCUT2D eigenvalue weighted by Gasteiger charge is -2.07. The standard InChI is InChI=1S/C13H16ClN3.CO2/c1-4-10-7-12(17(5-2)16-10)11-8-15-13(14)6-9(11)3;2-1-3/h6-8H,4-5H2,1-3H3;. The molecule has 0 saturated heterocycles. The van der Waals surface area contributed by atoms with E-state index >= 15 is 0 Å². The van der Waals surface area contributed by atoms with E-state index in [1.165, 1.54) is 0 Å². The topological polar surface area (TPSA) is 64.8 Å². The Balaban J connectivity index is 0.000000612. The smallest absolute Gasteiger partial charge is 0.265 e. The normalized spacial score (nSPS) is 9.60. The highest BCUT2D eigenvalue weighted by molar-refractivity contribution is 6.29. The Morgan fingerprint density at radius 3 is 2.45 bits per heavy atom. The lowest BCUT2D eigenvalue weighted by atomic mass is 10.1. The molecule has 2 aromatic rings. The maximum atomic E-state index is 8.12. The van der Waals surface area contributed by atoms with Gasteiger partial charge in [-0.05, 0) is 38.0 Å². The number of aromatic nitrogens is 3. The number of rotatable bonds is 3. The molecular formula is C14H16ClN3O2. The van der Waals surface area contributed by atoms with Crippen LogP contribution in [0.4, 0.5) is 0 Å². The van der Waals surface area contributed by atoms with Crippen LogP contribution in [0, 0.1) is 6.92 Å². The van der Waals surface area contributed by atoms with Gasteiger partial charge in [-0.1, -0.05) is 18.5 Å². The lowest BCUT2D eigenvalue weighted by Crippen LogP contribution is -2.00. The minimum Gasteiger partial charge on any atom is -0.265 e. The van der Waals surface area contributed by atoms with E-state index in [9.17, 15) is 0 Å². The van der Waals surface area contributed by atoms with E-state index in [0.29, 0.717) is 5.15 Å². The molecule has 0 bridgehead atoms. The van der Waals surface area contributed by atoms with Crippen molar-refractivity contribution in [2.75, 3.05) is 0 Å². The monoisotopic (exact) mass is 293 g/mol.